The van der Waals surface area contributed by atoms with Crippen LogP contribution in [0.4, 0.5) is 15.8 Å². The van der Waals surface area contributed by atoms with Crippen LogP contribution in [-0.4, -0.2) is 45.6 Å². The normalized spacial score (nSPS) is 14.4. The molecule has 0 spiro atoms. The Bertz CT molecular complexity index is 1610. The molecule has 1 aliphatic heterocycles. The predicted molar refractivity (Wildman–Crippen MR) is 146 cm³/mol. The van der Waals surface area contributed by atoms with Crippen LogP contribution < -0.4 is 5.32 Å². The lowest BCUT2D eigenvalue weighted by Crippen LogP contribution is -2.39. The number of aromatic nitrogens is 2. The van der Waals surface area contributed by atoms with Gasteiger partial charge in [-0.3, -0.25) is 9.78 Å². The Morgan fingerprint density at radius 2 is 1.89 bits per heavy atom. The van der Waals surface area contributed by atoms with Gasteiger partial charge in [-0.25, -0.2) is 9.37 Å². The lowest BCUT2D eigenvalue weighted by Gasteiger charge is -2.32. The van der Waals surface area contributed by atoms with E-state index in [4.69, 9.17) is 5.11 Å². The third kappa shape index (κ3) is 4.65. The van der Waals surface area contributed by atoms with E-state index in [1.165, 1.54) is 0 Å². The number of nitrogens with one attached hydrogen (secondary N) is 1. The van der Waals surface area contributed by atoms with Crippen LogP contribution in [0.3, 0.4) is 0 Å². The summed E-state index contributed by atoms with van der Waals surface area (Å²) >= 11 is 1.61. The van der Waals surface area contributed by atoms with E-state index in [0.717, 1.165) is 56.5 Å². The number of aliphatic hydroxyl groups is 1. The van der Waals surface area contributed by atoms with Crippen LogP contribution in [0.1, 0.15) is 24.3 Å². The van der Waals surface area contributed by atoms with E-state index in [2.05, 4.69) is 21.4 Å². The summed E-state index contributed by atoms with van der Waals surface area (Å²) in [7, 11) is 0. The highest BCUT2D eigenvalue weighted by Crippen LogP contribution is 2.34. The molecule has 0 saturated carbocycles. The van der Waals surface area contributed by atoms with E-state index in [-0.39, 0.29) is 17.6 Å². The number of hydrogen-bond acceptors (Lipinski definition) is 6. The average molecular weight is 513 g/mol. The molecule has 1 saturated heterocycles. The van der Waals surface area contributed by atoms with Gasteiger partial charge in [-0.15, -0.1) is 11.3 Å². The second-order valence-corrected chi connectivity index (χ2v) is 10.2. The van der Waals surface area contributed by atoms with E-state index in [0.29, 0.717) is 18.7 Å². The van der Waals surface area contributed by atoms with Crippen molar-refractivity contribution < 1.29 is 14.3 Å². The van der Waals surface area contributed by atoms with E-state index < -0.39 is 6.61 Å². The largest absolute Gasteiger partial charge is 0.387 e. The number of rotatable bonds is 5. The zero-order chi connectivity index (χ0) is 25.4. The fraction of sp³-hybridized carbons (Fsp3) is 0.207. The zero-order valence-electron chi connectivity index (χ0n) is 20.0. The topological polar surface area (TPSA) is 78.3 Å². The molecule has 3 heterocycles. The Labute approximate surface area is 217 Å². The number of nitrogens with zero attached hydrogens (tertiary/aromatic N) is 3. The first-order chi connectivity index (χ1) is 18.1. The summed E-state index contributed by atoms with van der Waals surface area (Å²) in [6.45, 7) is 0.695. The van der Waals surface area contributed by atoms with Gasteiger partial charge in [0.1, 0.15) is 12.4 Å². The van der Waals surface area contributed by atoms with E-state index in [1.807, 2.05) is 54.0 Å². The number of fused-ring (bicyclic) bond motifs is 2. The standard InChI is InChI=1S/C29H25FN4O2S/c30-24-14-19(18-8-11-34(12-9-18)29(36)16-35)1-4-22(24)20-2-5-25-23(13-20)26(7-10-31-25)33-21-3-6-28-27(15-21)32-17-37-28/h1-7,10,13-15,17-18,35H,8-9,11-12,16H2,(H,31,33). The molecular weight excluding hydrogens is 487 g/mol. The molecule has 2 N–H and O–H groups in total. The van der Waals surface area contributed by atoms with Gasteiger partial charge in [0.05, 0.1) is 21.2 Å². The highest BCUT2D eigenvalue weighted by molar-refractivity contribution is 7.16. The number of pyridine rings is 1. The number of aliphatic hydroxyl groups excluding tert-OH is 1. The summed E-state index contributed by atoms with van der Waals surface area (Å²) < 4.78 is 16.5. The monoisotopic (exact) mass is 512 g/mol. The van der Waals surface area contributed by atoms with Crippen molar-refractivity contribution in [3.05, 3.63) is 83.8 Å². The number of halogens is 1. The van der Waals surface area contributed by atoms with Crippen LogP contribution in [0.5, 0.6) is 0 Å². The Balaban J connectivity index is 1.27. The van der Waals surface area contributed by atoms with Gasteiger partial charge in [0, 0.05) is 41.6 Å². The van der Waals surface area contributed by atoms with Gasteiger partial charge >= 0.3 is 0 Å². The van der Waals surface area contributed by atoms with E-state index >= 15 is 4.39 Å². The van der Waals surface area contributed by atoms with Crippen molar-refractivity contribution in [1.82, 2.24) is 14.9 Å². The average Bonchev–Trinajstić information content (AvgIpc) is 3.41. The molecule has 1 amide bonds. The van der Waals surface area contributed by atoms with Gasteiger partial charge in [0.25, 0.3) is 0 Å². The van der Waals surface area contributed by atoms with Gasteiger partial charge in [0.2, 0.25) is 5.91 Å². The van der Waals surface area contributed by atoms with E-state index in [1.54, 1.807) is 28.5 Å². The maximum Gasteiger partial charge on any atom is 0.248 e. The molecule has 37 heavy (non-hydrogen) atoms. The quantitative estimate of drug-likeness (QED) is 0.298. The van der Waals surface area contributed by atoms with Gasteiger partial charge < -0.3 is 15.3 Å². The summed E-state index contributed by atoms with van der Waals surface area (Å²) in [4.78, 5) is 22.3. The fourth-order valence-corrected chi connectivity index (χ4v) is 5.75. The molecule has 1 fully saturated rings. The summed E-state index contributed by atoms with van der Waals surface area (Å²) in [5, 5.41) is 13.5. The molecule has 3 aromatic carbocycles. The predicted octanol–water partition coefficient (Wildman–Crippen LogP) is 6.09. The van der Waals surface area contributed by atoms with Crippen LogP contribution in [-0.2, 0) is 4.79 Å². The number of anilines is 2. The molecule has 1 aliphatic rings. The third-order valence-corrected chi connectivity index (χ3v) is 7.92. The number of thiazole rings is 1. The third-order valence-electron chi connectivity index (χ3n) is 7.11. The molecule has 0 bridgehead atoms. The first kappa shape index (κ1) is 23.5. The number of piperidine rings is 1. The van der Waals surface area contributed by atoms with Gasteiger partial charge in [-0.05, 0) is 72.4 Å². The van der Waals surface area contributed by atoms with Gasteiger partial charge in [0.15, 0.2) is 0 Å². The van der Waals surface area contributed by atoms with Gasteiger partial charge in [-0.1, -0.05) is 18.2 Å². The molecule has 0 unspecified atom stereocenters. The summed E-state index contributed by atoms with van der Waals surface area (Å²) in [6, 6.07) is 19.3. The second-order valence-electron chi connectivity index (χ2n) is 9.30. The van der Waals surface area contributed by atoms with Crippen molar-refractivity contribution in [3.63, 3.8) is 0 Å². The highest BCUT2D eigenvalue weighted by atomic mass is 32.1. The second kappa shape index (κ2) is 9.88. The minimum Gasteiger partial charge on any atom is -0.387 e. The van der Waals surface area contributed by atoms with Crippen molar-refractivity contribution in [2.45, 2.75) is 18.8 Å². The number of carbonyl (C=O) groups is 1. The molecule has 8 heteroatoms. The van der Waals surface area contributed by atoms with Crippen molar-refractivity contribution in [2.75, 3.05) is 25.0 Å². The molecule has 2 aromatic heterocycles. The van der Waals surface area contributed by atoms with Crippen LogP contribution >= 0.6 is 11.3 Å². The molecule has 6 rings (SSSR count). The first-order valence-corrected chi connectivity index (χ1v) is 13.1. The lowest BCUT2D eigenvalue weighted by molar-refractivity contribution is -0.135. The molecule has 186 valence electrons. The summed E-state index contributed by atoms with van der Waals surface area (Å²) in [5.41, 5.74) is 7.69. The summed E-state index contributed by atoms with van der Waals surface area (Å²) in [6.07, 6.45) is 3.28. The Morgan fingerprint density at radius 3 is 2.70 bits per heavy atom. The van der Waals surface area contributed by atoms with Crippen LogP contribution in [0, 0.1) is 5.82 Å². The minimum absolute atomic E-state index is 0.193. The Morgan fingerprint density at radius 1 is 1.03 bits per heavy atom. The minimum atomic E-state index is -0.465. The Kier molecular flexibility index (Phi) is 6.28. The molecule has 6 nitrogen and oxygen atoms in total. The van der Waals surface area contributed by atoms with Crippen molar-refractivity contribution >= 4 is 49.7 Å². The number of carbonyl (C=O) groups excluding carboxylic acids is 1. The first-order valence-electron chi connectivity index (χ1n) is 12.3. The van der Waals surface area contributed by atoms with Gasteiger partial charge in [-0.2, -0.15) is 0 Å². The maximum absolute atomic E-state index is 15.4. The maximum atomic E-state index is 15.4. The van der Waals surface area contributed by atoms with E-state index in [9.17, 15) is 4.79 Å². The molecule has 0 aliphatic carbocycles. The fourth-order valence-electron chi connectivity index (χ4n) is 5.10. The number of benzene rings is 3. The number of hydrogen-bond donors (Lipinski definition) is 2. The molecule has 5 aromatic rings. The van der Waals surface area contributed by atoms with Crippen LogP contribution in [0.2, 0.25) is 0 Å². The number of amides is 1. The van der Waals surface area contributed by atoms with Crippen LogP contribution in [0.25, 0.3) is 32.2 Å². The highest BCUT2D eigenvalue weighted by Gasteiger charge is 2.24. The lowest BCUT2D eigenvalue weighted by atomic mass is 9.88. The van der Waals surface area contributed by atoms with Crippen LogP contribution in [0.15, 0.2) is 72.4 Å². The summed E-state index contributed by atoms with van der Waals surface area (Å²) in [5.74, 6) is -0.320. The molecular formula is C29H25FN4O2S. The number of likely N-dealkylation sites (tertiary alicyclic amines) is 1. The van der Waals surface area contributed by atoms with Crippen molar-refractivity contribution in [2.24, 2.45) is 0 Å². The smallest absolute Gasteiger partial charge is 0.248 e. The van der Waals surface area contributed by atoms with Crippen molar-refractivity contribution in [3.8, 4) is 11.1 Å². The SMILES string of the molecule is O=C(CO)N1CCC(c2ccc(-c3ccc4nccc(Nc5ccc6scnc6c5)c4c3)c(F)c2)CC1. The zero-order valence-corrected chi connectivity index (χ0v) is 20.8. The molecule has 0 atom stereocenters. The molecule has 0 radical (unpaired) electrons. The van der Waals surface area contributed by atoms with Crippen molar-refractivity contribution in [1.29, 1.82) is 0 Å². The Hall–Kier alpha value is -3.88.